The average Bonchev–Trinajstić information content (AvgIpc) is 3.47. The van der Waals surface area contributed by atoms with Crippen molar-refractivity contribution in [2.45, 2.75) is 38.1 Å². The molecule has 4 heteroatoms. The van der Waals surface area contributed by atoms with E-state index in [4.69, 9.17) is 9.47 Å². The van der Waals surface area contributed by atoms with E-state index in [9.17, 15) is 5.11 Å². The molecule has 1 N–H and O–H groups in total. The minimum Gasteiger partial charge on any atom is -0.497 e. The van der Waals surface area contributed by atoms with Crippen molar-refractivity contribution >= 4 is 0 Å². The van der Waals surface area contributed by atoms with Gasteiger partial charge in [0, 0.05) is 19.1 Å². The smallest absolute Gasteiger partial charge is 0.119 e. The van der Waals surface area contributed by atoms with Crippen LogP contribution in [-0.2, 0) is 17.9 Å². The lowest BCUT2D eigenvalue weighted by Crippen LogP contribution is -2.36. The van der Waals surface area contributed by atoms with E-state index in [0.717, 1.165) is 17.9 Å². The Hall–Kier alpha value is -1.88. The lowest BCUT2D eigenvalue weighted by Gasteiger charge is -2.25. The molecular formula is C21H27NO3. The fraction of sp³-hybridized carbons (Fsp3) is 0.429. The Morgan fingerprint density at radius 1 is 1.08 bits per heavy atom. The molecule has 0 amide bonds. The van der Waals surface area contributed by atoms with Crippen LogP contribution in [0, 0.1) is 0 Å². The molecule has 0 radical (unpaired) electrons. The number of nitrogens with zero attached hydrogens (tertiary/aromatic N) is 1. The average molecular weight is 341 g/mol. The predicted octanol–water partition coefficient (Wildman–Crippen LogP) is 3.24. The van der Waals surface area contributed by atoms with Gasteiger partial charge in [0.2, 0.25) is 0 Å². The van der Waals surface area contributed by atoms with Crippen molar-refractivity contribution in [1.29, 1.82) is 0 Å². The second kappa shape index (κ2) is 8.99. The molecule has 0 spiro atoms. The van der Waals surface area contributed by atoms with Gasteiger partial charge < -0.3 is 14.6 Å². The number of rotatable bonds is 10. The first kappa shape index (κ1) is 17.9. The van der Waals surface area contributed by atoms with Crippen LogP contribution in [-0.4, -0.2) is 42.4 Å². The van der Waals surface area contributed by atoms with Crippen molar-refractivity contribution < 1.29 is 14.6 Å². The summed E-state index contributed by atoms with van der Waals surface area (Å²) in [6, 6.07) is 18.8. The first-order valence-electron chi connectivity index (χ1n) is 8.91. The SMILES string of the molecule is COc1cccc(CN(CC(O)COCc2ccccc2)C2CC2)c1. The summed E-state index contributed by atoms with van der Waals surface area (Å²) in [5, 5.41) is 10.4. The van der Waals surface area contributed by atoms with Crippen molar-refractivity contribution in [3.05, 3.63) is 65.7 Å². The van der Waals surface area contributed by atoms with E-state index < -0.39 is 6.10 Å². The summed E-state index contributed by atoms with van der Waals surface area (Å²) in [4.78, 5) is 2.35. The van der Waals surface area contributed by atoms with Crippen molar-refractivity contribution in [3.8, 4) is 5.75 Å². The molecule has 0 bridgehead atoms. The molecule has 1 atom stereocenters. The number of ether oxygens (including phenoxy) is 2. The van der Waals surface area contributed by atoms with Crippen LogP contribution in [0.25, 0.3) is 0 Å². The maximum atomic E-state index is 10.4. The summed E-state index contributed by atoms with van der Waals surface area (Å²) in [5.41, 5.74) is 2.34. The van der Waals surface area contributed by atoms with Crippen LogP contribution in [0.2, 0.25) is 0 Å². The van der Waals surface area contributed by atoms with Crippen LogP contribution in [0.4, 0.5) is 0 Å². The van der Waals surface area contributed by atoms with Crippen molar-refractivity contribution in [3.63, 3.8) is 0 Å². The summed E-state index contributed by atoms with van der Waals surface area (Å²) >= 11 is 0. The third-order valence-electron chi connectivity index (χ3n) is 4.45. The van der Waals surface area contributed by atoms with Crippen molar-refractivity contribution in [1.82, 2.24) is 4.90 Å². The van der Waals surface area contributed by atoms with E-state index in [2.05, 4.69) is 17.0 Å². The highest BCUT2D eigenvalue weighted by Gasteiger charge is 2.30. The number of methoxy groups -OCH3 is 1. The van der Waals surface area contributed by atoms with Crippen LogP contribution in [0.15, 0.2) is 54.6 Å². The lowest BCUT2D eigenvalue weighted by atomic mass is 10.2. The molecule has 1 aliphatic carbocycles. The largest absolute Gasteiger partial charge is 0.497 e. The van der Waals surface area contributed by atoms with Gasteiger partial charge in [0.15, 0.2) is 0 Å². The van der Waals surface area contributed by atoms with Crippen molar-refractivity contribution in [2.24, 2.45) is 0 Å². The van der Waals surface area contributed by atoms with Crippen LogP contribution in [0.1, 0.15) is 24.0 Å². The maximum Gasteiger partial charge on any atom is 0.119 e. The zero-order valence-electron chi connectivity index (χ0n) is 14.8. The molecule has 1 saturated carbocycles. The van der Waals surface area contributed by atoms with Crippen LogP contribution < -0.4 is 4.74 Å². The summed E-state index contributed by atoms with van der Waals surface area (Å²) in [7, 11) is 1.69. The Labute approximate surface area is 150 Å². The number of aliphatic hydroxyl groups excluding tert-OH is 1. The topological polar surface area (TPSA) is 41.9 Å². The molecule has 2 aromatic rings. The molecule has 134 valence electrons. The quantitative estimate of drug-likeness (QED) is 0.720. The lowest BCUT2D eigenvalue weighted by molar-refractivity contribution is 0.00705. The van der Waals surface area contributed by atoms with E-state index >= 15 is 0 Å². The molecule has 2 aromatic carbocycles. The highest BCUT2D eigenvalue weighted by Crippen LogP contribution is 2.29. The van der Waals surface area contributed by atoms with Gasteiger partial charge in [-0.3, -0.25) is 4.90 Å². The third-order valence-corrected chi connectivity index (χ3v) is 4.45. The summed E-state index contributed by atoms with van der Waals surface area (Å²) in [6.07, 6.45) is 1.94. The first-order chi connectivity index (χ1) is 12.2. The number of aliphatic hydroxyl groups is 1. The van der Waals surface area contributed by atoms with E-state index in [1.807, 2.05) is 42.5 Å². The van der Waals surface area contributed by atoms with Crippen LogP contribution in [0.3, 0.4) is 0 Å². The predicted molar refractivity (Wildman–Crippen MR) is 98.5 cm³/mol. The Bertz CT molecular complexity index is 643. The zero-order valence-corrected chi connectivity index (χ0v) is 14.8. The highest BCUT2D eigenvalue weighted by molar-refractivity contribution is 5.28. The summed E-state index contributed by atoms with van der Waals surface area (Å²) in [6.45, 7) is 2.36. The minimum absolute atomic E-state index is 0.357. The van der Waals surface area contributed by atoms with Gasteiger partial charge in [-0.25, -0.2) is 0 Å². The highest BCUT2D eigenvalue weighted by atomic mass is 16.5. The molecule has 1 unspecified atom stereocenters. The second-order valence-corrected chi connectivity index (χ2v) is 6.67. The fourth-order valence-electron chi connectivity index (χ4n) is 3.00. The Morgan fingerprint density at radius 2 is 1.84 bits per heavy atom. The fourth-order valence-corrected chi connectivity index (χ4v) is 3.00. The number of benzene rings is 2. The molecule has 3 rings (SSSR count). The Morgan fingerprint density at radius 3 is 2.56 bits per heavy atom. The van der Waals surface area contributed by atoms with Crippen molar-refractivity contribution in [2.75, 3.05) is 20.3 Å². The second-order valence-electron chi connectivity index (χ2n) is 6.67. The standard InChI is InChI=1S/C21H27NO3/c1-24-21-9-5-8-18(12-21)13-22(19-10-11-19)14-20(23)16-25-15-17-6-3-2-4-7-17/h2-9,12,19-20,23H,10-11,13-16H2,1H3. The van der Waals surface area contributed by atoms with Gasteiger partial charge in [-0.15, -0.1) is 0 Å². The van der Waals surface area contributed by atoms with Crippen LogP contribution in [0.5, 0.6) is 5.75 Å². The monoisotopic (exact) mass is 341 g/mol. The zero-order chi connectivity index (χ0) is 17.5. The summed E-state index contributed by atoms with van der Waals surface area (Å²) < 4.78 is 11.0. The van der Waals surface area contributed by atoms with Gasteiger partial charge in [0.05, 0.1) is 26.4 Å². The molecular weight excluding hydrogens is 314 g/mol. The molecule has 0 aromatic heterocycles. The maximum absolute atomic E-state index is 10.4. The van der Waals surface area contributed by atoms with Gasteiger partial charge in [0.25, 0.3) is 0 Å². The number of hydrogen-bond donors (Lipinski definition) is 1. The van der Waals surface area contributed by atoms with E-state index in [-0.39, 0.29) is 0 Å². The number of hydrogen-bond acceptors (Lipinski definition) is 4. The van der Waals surface area contributed by atoms with Crippen LogP contribution >= 0.6 is 0 Å². The van der Waals surface area contributed by atoms with E-state index in [1.165, 1.54) is 18.4 Å². The normalized spacial score (nSPS) is 15.3. The minimum atomic E-state index is -0.477. The van der Waals surface area contributed by atoms with Gasteiger partial charge in [-0.2, -0.15) is 0 Å². The van der Waals surface area contributed by atoms with Gasteiger partial charge in [0.1, 0.15) is 5.75 Å². The third kappa shape index (κ3) is 5.85. The molecule has 4 nitrogen and oxygen atoms in total. The molecule has 0 saturated heterocycles. The molecule has 0 heterocycles. The summed E-state index contributed by atoms with van der Waals surface area (Å²) in [5.74, 6) is 0.875. The van der Waals surface area contributed by atoms with Gasteiger partial charge in [-0.05, 0) is 36.1 Å². The Kier molecular flexibility index (Phi) is 6.45. The van der Waals surface area contributed by atoms with Gasteiger partial charge >= 0.3 is 0 Å². The van der Waals surface area contributed by atoms with Gasteiger partial charge in [-0.1, -0.05) is 42.5 Å². The Balaban J connectivity index is 1.47. The van der Waals surface area contributed by atoms with E-state index in [1.54, 1.807) is 7.11 Å². The molecule has 1 aliphatic rings. The molecule has 25 heavy (non-hydrogen) atoms. The molecule has 1 fully saturated rings. The van der Waals surface area contributed by atoms with E-state index in [0.29, 0.717) is 25.8 Å². The first-order valence-corrected chi connectivity index (χ1v) is 8.91. The molecule has 0 aliphatic heterocycles.